The number of nitrogens with zero attached hydrogens (tertiary/aromatic N) is 2. The standard InChI is InChI=1S/C29H26ClN3O5S2/c30-25-14-13-23(40(36,37)33-15-5-2-6-16-33)17-24(25)28(35)38-18-27(34)32-29-31-26(19-39-29)22-11-9-21(10-12-22)20-7-3-1-4-8-20/h1,3-4,7-14,17,19H,2,5-6,15-16,18H2,(H,31,32,34). The van der Waals surface area contributed by atoms with Gasteiger partial charge in [0.2, 0.25) is 10.0 Å². The highest BCUT2D eigenvalue weighted by Gasteiger charge is 2.27. The van der Waals surface area contributed by atoms with Crippen LogP contribution in [0.4, 0.5) is 5.13 Å². The van der Waals surface area contributed by atoms with Gasteiger partial charge in [0.1, 0.15) is 0 Å². The smallest absolute Gasteiger partial charge is 0.340 e. The van der Waals surface area contributed by atoms with E-state index in [1.165, 1.54) is 33.8 Å². The Morgan fingerprint density at radius 3 is 2.33 bits per heavy atom. The number of carbonyl (C=O) groups excluding carboxylic acids is 2. The van der Waals surface area contributed by atoms with Gasteiger partial charge in [-0.15, -0.1) is 11.3 Å². The molecule has 1 fully saturated rings. The number of thiazole rings is 1. The van der Waals surface area contributed by atoms with Gasteiger partial charge >= 0.3 is 5.97 Å². The highest BCUT2D eigenvalue weighted by Crippen LogP contribution is 2.28. The van der Waals surface area contributed by atoms with Gasteiger partial charge in [-0.3, -0.25) is 10.1 Å². The van der Waals surface area contributed by atoms with Gasteiger partial charge in [-0.2, -0.15) is 4.31 Å². The summed E-state index contributed by atoms with van der Waals surface area (Å²) in [6.45, 7) is 0.281. The Bertz CT molecular complexity index is 1620. The van der Waals surface area contributed by atoms with Gasteiger partial charge in [0.05, 0.1) is 21.2 Å². The lowest BCUT2D eigenvalue weighted by molar-refractivity contribution is -0.119. The molecule has 1 amide bonds. The maximum atomic E-state index is 13.0. The van der Waals surface area contributed by atoms with Crippen molar-refractivity contribution in [1.82, 2.24) is 9.29 Å². The van der Waals surface area contributed by atoms with Crippen LogP contribution in [0.1, 0.15) is 29.6 Å². The van der Waals surface area contributed by atoms with Crippen LogP contribution >= 0.6 is 22.9 Å². The van der Waals surface area contributed by atoms with Crippen molar-refractivity contribution in [2.24, 2.45) is 0 Å². The van der Waals surface area contributed by atoms with Crippen LogP contribution < -0.4 is 5.32 Å². The second kappa shape index (κ2) is 12.3. The van der Waals surface area contributed by atoms with E-state index < -0.39 is 28.5 Å². The van der Waals surface area contributed by atoms with Crippen LogP contribution in [0.15, 0.2) is 83.1 Å². The first-order valence-corrected chi connectivity index (χ1v) is 15.4. The Balaban J connectivity index is 1.19. The first-order chi connectivity index (χ1) is 19.3. The number of hydrogen-bond acceptors (Lipinski definition) is 7. The minimum atomic E-state index is -3.76. The molecule has 0 spiro atoms. The molecule has 1 N–H and O–H groups in total. The van der Waals surface area contributed by atoms with E-state index in [0.29, 0.717) is 23.9 Å². The van der Waals surface area contributed by atoms with Crippen LogP contribution in [0.2, 0.25) is 5.02 Å². The summed E-state index contributed by atoms with van der Waals surface area (Å²) < 4.78 is 32.5. The Kier molecular flexibility index (Phi) is 8.60. The number of sulfonamides is 1. The summed E-state index contributed by atoms with van der Waals surface area (Å²) in [6, 6.07) is 21.9. The van der Waals surface area contributed by atoms with Crippen molar-refractivity contribution in [2.45, 2.75) is 24.2 Å². The number of piperidine rings is 1. The normalized spacial score (nSPS) is 14.0. The fraction of sp³-hybridized carbons (Fsp3) is 0.207. The number of hydrogen-bond donors (Lipinski definition) is 1. The molecule has 0 atom stereocenters. The highest BCUT2D eigenvalue weighted by molar-refractivity contribution is 7.89. The quantitative estimate of drug-likeness (QED) is 0.247. The lowest BCUT2D eigenvalue weighted by Gasteiger charge is -2.26. The average Bonchev–Trinajstić information content (AvgIpc) is 3.45. The number of carbonyl (C=O) groups is 2. The van der Waals surface area contributed by atoms with Gasteiger partial charge < -0.3 is 4.74 Å². The molecule has 3 aromatic carbocycles. The number of esters is 1. The number of amides is 1. The lowest BCUT2D eigenvalue weighted by atomic mass is 10.0. The van der Waals surface area contributed by atoms with Crippen molar-refractivity contribution < 1.29 is 22.7 Å². The first-order valence-electron chi connectivity index (χ1n) is 12.7. The molecule has 2 heterocycles. The summed E-state index contributed by atoms with van der Waals surface area (Å²) in [6.07, 6.45) is 2.56. The van der Waals surface area contributed by atoms with E-state index >= 15 is 0 Å². The third kappa shape index (κ3) is 6.42. The SMILES string of the molecule is O=C(COC(=O)c1cc(S(=O)(=O)N2CCCCC2)ccc1Cl)Nc1nc(-c2ccc(-c3ccccc3)cc2)cs1. The van der Waals surface area contributed by atoms with Gasteiger partial charge in [-0.25, -0.2) is 18.2 Å². The summed E-state index contributed by atoms with van der Waals surface area (Å²) in [5.74, 6) is -1.48. The Morgan fingerprint density at radius 2 is 1.60 bits per heavy atom. The average molecular weight is 596 g/mol. The zero-order valence-corrected chi connectivity index (χ0v) is 23.8. The molecule has 1 aromatic heterocycles. The van der Waals surface area contributed by atoms with Crippen molar-refractivity contribution in [3.05, 3.63) is 88.8 Å². The minimum Gasteiger partial charge on any atom is -0.452 e. The molecule has 0 radical (unpaired) electrons. The first kappa shape index (κ1) is 28.0. The molecule has 4 aromatic rings. The Hall–Kier alpha value is -3.57. The van der Waals surface area contributed by atoms with Gasteiger partial charge in [0.15, 0.2) is 11.7 Å². The number of nitrogens with one attached hydrogen (secondary N) is 1. The number of ether oxygens (including phenoxy) is 1. The molecule has 0 saturated carbocycles. The van der Waals surface area contributed by atoms with Gasteiger partial charge in [0, 0.05) is 24.0 Å². The summed E-state index contributed by atoms with van der Waals surface area (Å²) in [7, 11) is -3.76. The number of aromatic nitrogens is 1. The Morgan fingerprint density at radius 1 is 0.925 bits per heavy atom. The largest absolute Gasteiger partial charge is 0.452 e. The fourth-order valence-corrected chi connectivity index (χ4v) is 6.84. The topological polar surface area (TPSA) is 106 Å². The Labute approximate surface area is 241 Å². The molecule has 1 aliphatic heterocycles. The molecule has 1 saturated heterocycles. The van der Waals surface area contributed by atoms with E-state index in [4.69, 9.17) is 16.3 Å². The third-order valence-electron chi connectivity index (χ3n) is 6.48. The van der Waals surface area contributed by atoms with E-state index in [1.807, 2.05) is 60.0 Å². The molecule has 1 aliphatic rings. The molecule has 5 rings (SSSR count). The van der Waals surface area contributed by atoms with Crippen molar-refractivity contribution in [2.75, 3.05) is 25.0 Å². The summed E-state index contributed by atoms with van der Waals surface area (Å²) in [5, 5.41) is 4.84. The number of halogens is 1. The van der Waals surface area contributed by atoms with Gasteiger partial charge in [0.25, 0.3) is 5.91 Å². The monoisotopic (exact) mass is 595 g/mol. The molecule has 0 unspecified atom stereocenters. The van der Waals surface area contributed by atoms with Crippen LogP contribution in [-0.4, -0.2) is 49.3 Å². The van der Waals surface area contributed by atoms with Crippen molar-refractivity contribution in [3.63, 3.8) is 0 Å². The maximum absolute atomic E-state index is 13.0. The second-order valence-corrected chi connectivity index (χ2v) is 12.4. The number of anilines is 1. The molecular formula is C29H26ClN3O5S2. The van der Waals surface area contributed by atoms with Crippen LogP contribution in [0, 0.1) is 0 Å². The maximum Gasteiger partial charge on any atom is 0.340 e. The predicted molar refractivity (Wildman–Crippen MR) is 156 cm³/mol. The summed E-state index contributed by atoms with van der Waals surface area (Å²) in [5.41, 5.74) is 3.69. The number of rotatable bonds is 8. The molecule has 0 aliphatic carbocycles. The van der Waals surface area contributed by atoms with Crippen LogP contribution in [0.3, 0.4) is 0 Å². The molecule has 11 heteroatoms. The highest BCUT2D eigenvalue weighted by atomic mass is 35.5. The van der Waals surface area contributed by atoms with E-state index in [1.54, 1.807) is 0 Å². The lowest BCUT2D eigenvalue weighted by Crippen LogP contribution is -2.35. The van der Waals surface area contributed by atoms with Crippen LogP contribution in [0.5, 0.6) is 0 Å². The van der Waals surface area contributed by atoms with E-state index in [0.717, 1.165) is 36.0 Å². The second-order valence-electron chi connectivity index (χ2n) is 9.21. The van der Waals surface area contributed by atoms with Crippen molar-refractivity contribution in [3.8, 4) is 22.4 Å². The zero-order chi connectivity index (χ0) is 28.1. The molecular weight excluding hydrogens is 570 g/mol. The zero-order valence-electron chi connectivity index (χ0n) is 21.4. The van der Waals surface area contributed by atoms with Gasteiger partial charge in [-0.1, -0.05) is 72.6 Å². The third-order valence-corrected chi connectivity index (χ3v) is 9.47. The predicted octanol–water partition coefficient (Wildman–Crippen LogP) is 6.10. The van der Waals surface area contributed by atoms with Gasteiger partial charge in [-0.05, 0) is 42.2 Å². The number of benzene rings is 3. The molecule has 40 heavy (non-hydrogen) atoms. The minimum absolute atomic E-state index is 0.0332. The van der Waals surface area contributed by atoms with E-state index in [9.17, 15) is 18.0 Å². The van der Waals surface area contributed by atoms with Crippen molar-refractivity contribution >= 4 is 50.0 Å². The molecule has 0 bridgehead atoms. The van der Waals surface area contributed by atoms with E-state index in [2.05, 4.69) is 10.3 Å². The van der Waals surface area contributed by atoms with E-state index in [-0.39, 0.29) is 15.5 Å². The molecule has 206 valence electrons. The fourth-order valence-electron chi connectivity index (χ4n) is 4.37. The summed E-state index contributed by atoms with van der Waals surface area (Å²) >= 11 is 7.41. The van der Waals surface area contributed by atoms with Crippen LogP contribution in [0.25, 0.3) is 22.4 Å². The molecule has 8 nitrogen and oxygen atoms in total. The van der Waals surface area contributed by atoms with Crippen molar-refractivity contribution in [1.29, 1.82) is 0 Å². The summed E-state index contributed by atoms with van der Waals surface area (Å²) in [4.78, 5) is 29.6. The van der Waals surface area contributed by atoms with Crippen LogP contribution in [-0.2, 0) is 19.6 Å².